The minimum atomic E-state index is -0.626. The Morgan fingerprint density at radius 3 is 2.57 bits per heavy atom. The van der Waals surface area contributed by atoms with Gasteiger partial charge < -0.3 is 15.0 Å². The van der Waals surface area contributed by atoms with E-state index in [1.165, 1.54) is 16.9 Å². The fourth-order valence-corrected chi connectivity index (χ4v) is 3.83. The van der Waals surface area contributed by atoms with E-state index >= 15 is 0 Å². The van der Waals surface area contributed by atoms with Crippen LogP contribution in [0.4, 0.5) is 4.39 Å². The van der Waals surface area contributed by atoms with E-state index in [0.717, 1.165) is 32.5 Å². The summed E-state index contributed by atoms with van der Waals surface area (Å²) in [4.78, 5) is 31.1. The molecule has 1 aromatic carbocycles. The third-order valence-corrected chi connectivity index (χ3v) is 6.00. The van der Waals surface area contributed by atoms with Crippen molar-refractivity contribution in [1.29, 1.82) is 0 Å². The quantitative estimate of drug-likeness (QED) is 0.483. The molecular weight excluding hydrogens is 453 g/mol. The van der Waals surface area contributed by atoms with E-state index in [4.69, 9.17) is 4.74 Å². The topological polar surface area (TPSA) is 105 Å². The first-order valence-corrected chi connectivity index (χ1v) is 12.2. The van der Waals surface area contributed by atoms with Gasteiger partial charge in [0.1, 0.15) is 18.4 Å². The maximum Gasteiger partial charge on any atom is 0.246 e. The summed E-state index contributed by atoms with van der Waals surface area (Å²) in [5, 5.41) is 15.2. The number of morpholine rings is 1. The Balaban J connectivity index is 1.63. The van der Waals surface area contributed by atoms with E-state index in [9.17, 15) is 14.0 Å². The van der Waals surface area contributed by atoms with Crippen LogP contribution in [0.5, 0.6) is 0 Å². The highest BCUT2D eigenvalue weighted by Gasteiger charge is 2.26. The third-order valence-electron chi connectivity index (χ3n) is 6.00. The summed E-state index contributed by atoms with van der Waals surface area (Å²) < 4.78 is 18.6. The molecule has 1 aromatic heterocycles. The molecule has 11 heteroatoms. The largest absolute Gasteiger partial charge is 0.379 e. The molecule has 2 aromatic rings. The average Bonchev–Trinajstić information content (AvgIpc) is 3.30. The normalized spacial score (nSPS) is 15.2. The van der Waals surface area contributed by atoms with E-state index in [2.05, 4.69) is 39.5 Å². The number of hydrogen-bond acceptors (Lipinski definition) is 7. The summed E-state index contributed by atoms with van der Waals surface area (Å²) in [7, 11) is 0. The van der Waals surface area contributed by atoms with Crippen LogP contribution < -0.4 is 5.32 Å². The zero-order valence-electron chi connectivity index (χ0n) is 20.8. The first-order chi connectivity index (χ1) is 16.8. The second-order valence-corrected chi connectivity index (χ2v) is 9.19. The Labute approximate surface area is 205 Å². The number of carbonyl (C=O) groups is 2. The number of aromatic nitrogens is 4. The van der Waals surface area contributed by atoms with Gasteiger partial charge in [-0.1, -0.05) is 13.8 Å². The minimum Gasteiger partial charge on any atom is -0.379 e. The third kappa shape index (κ3) is 8.36. The number of ether oxygens (including phenoxy) is 1. The lowest BCUT2D eigenvalue weighted by Crippen LogP contribution is -2.50. The van der Waals surface area contributed by atoms with E-state index in [0.29, 0.717) is 43.6 Å². The predicted molar refractivity (Wildman–Crippen MR) is 129 cm³/mol. The van der Waals surface area contributed by atoms with Crippen molar-refractivity contribution in [3.05, 3.63) is 30.1 Å². The molecule has 0 aliphatic carbocycles. The van der Waals surface area contributed by atoms with Gasteiger partial charge in [0.15, 0.2) is 0 Å². The first-order valence-electron chi connectivity index (χ1n) is 12.2. The standard InChI is InChI=1S/C24H36FN7O3/c1-18(2)9-10-26-24(34)19(3)31(12-4-11-30-13-15-35-16-14-30)22(33)17-32-28-23(27-29-32)20-5-7-21(25)8-6-20/h5-8,18-19H,4,9-17H2,1-3H3,(H,26,34). The number of amides is 2. The lowest BCUT2D eigenvalue weighted by molar-refractivity contribution is -0.140. The Morgan fingerprint density at radius 1 is 1.17 bits per heavy atom. The van der Waals surface area contributed by atoms with Gasteiger partial charge in [0.2, 0.25) is 17.6 Å². The van der Waals surface area contributed by atoms with Gasteiger partial charge in [-0.05, 0) is 55.2 Å². The lowest BCUT2D eigenvalue weighted by atomic mass is 10.1. The van der Waals surface area contributed by atoms with Crippen LogP contribution in [0.15, 0.2) is 24.3 Å². The van der Waals surface area contributed by atoms with Crippen LogP contribution in [-0.2, 0) is 20.9 Å². The highest BCUT2D eigenvalue weighted by Crippen LogP contribution is 2.14. The second kappa shape index (κ2) is 13.2. The number of nitrogens with one attached hydrogen (secondary N) is 1. The van der Waals surface area contributed by atoms with Gasteiger partial charge >= 0.3 is 0 Å². The molecule has 1 fully saturated rings. The molecule has 2 heterocycles. The predicted octanol–water partition coefficient (Wildman–Crippen LogP) is 1.58. The van der Waals surface area contributed by atoms with Crippen LogP contribution in [0.3, 0.4) is 0 Å². The molecule has 1 aliphatic rings. The lowest BCUT2D eigenvalue weighted by Gasteiger charge is -2.31. The first kappa shape index (κ1) is 26.7. The van der Waals surface area contributed by atoms with E-state index in [-0.39, 0.29) is 24.2 Å². The van der Waals surface area contributed by atoms with Crippen molar-refractivity contribution in [2.24, 2.45) is 5.92 Å². The van der Waals surface area contributed by atoms with E-state index in [1.54, 1.807) is 24.0 Å². The molecule has 0 spiro atoms. The Hall–Kier alpha value is -2.92. The number of nitrogens with zero attached hydrogens (tertiary/aromatic N) is 6. The number of rotatable bonds is 12. The molecule has 1 atom stereocenters. The maximum absolute atomic E-state index is 13.2. The summed E-state index contributed by atoms with van der Waals surface area (Å²) in [5.41, 5.74) is 0.602. The highest BCUT2D eigenvalue weighted by atomic mass is 19.1. The van der Waals surface area contributed by atoms with Gasteiger partial charge in [-0.2, -0.15) is 4.80 Å². The fraction of sp³-hybridized carbons (Fsp3) is 0.625. The molecule has 35 heavy (non-hydrogen) atoms. The van der Waals surface area contributed by atoms with Gasteiger partial charge in [0.05, 0.1) is 13.2 Å². The minimum absolute atomic E-state index is 0.143. The van der Waals surface area contributed by atoms with Crippen LogP contribution in [0, 0.1) is 11.7 Å². The van der Waals surface area contributed by atoms with E-state index in [1.807, 2.05) is 0 Å². The molecule has 10 nitrogen and oxygen atoms in total. The molecule has 0 saturated carbocycles. The molecule has 2 amide bonds. The Morgan fingerprint density at radius 2 is 1.89 bits per heavy atom. The van der Waals surface area contributed by atoms with Gasteiger partial charge in [-0.25, -0.2) is 4.39 Å². The van der Waals surface area contributed by atoms with Gasteiger partial charge in [0, 0.05) is 38.3 Å². The SMILES string of the molecule is CC(C)CCNC(=O)C(C)N(CCCN1CCOCC1)C(=O)Cn1nnc(-c2ccc(F)cc2)n1. The number of halogens is 1. The van der Waals surface area contributed by atoms with Crippen molar-refractivity contribution < 1.29 is 18.7 Å². The zero-order chi connectivity index (χ0) is 25.2. The molecule has 0 bridgehead atoms. The Bertz CT molecular complexity index is 945. The van der Waals surface area contributed by atoms with Crippen LogP contribution in [-0.4, -0.2) is 93.8 Å². The molecule has 192 valence electrons. The molecular formula is C24H36FN7O3. The average molecular weight is 490 g/mol. The van der Waals surface area contributed by atoms with Crippen LogP contribution >= 0.6 is 0 Å². The summed E-state index contributed by atoms with van der Waals surface area (Å²) in [6.07, 6.45) is 1.61. The fourth-order valence-electron chi connectivity index (χ4n) is 3.83. The summed E-state index contributed by atoms with van der Waals surface area (Å²) in [6.45, 7) is 10.8. The van der Waals surface area contributed by atoms with Crippen molar-refractivity contribution in [3.63, 3.8) is 0 Å². The number of benzene rings is 1. The zero-order valence-corrected chi connectivity index (χ0v) is 20.8. The maximum atomic E-state index is 13.2. The summed E-state index contributed by atoms with van der Waals surface area (Å²) in [5.74, 6) is -0.0168. The van der Waals surface area contributed by atoms with Crippen molar-refractivity contribution in [2.45, 2.75) is 46.2 Å². The van der Waals surface area contributed by atoms with E-state index < -0.39 is 6.04 Å². The second-order valence-electron chi connectivity index (χ2n) is 9.19. The number of carbonyl (C=O) groups excluding carboxylic acids is 2. The van der Waals surface area contributed by atoms with Crippen LogP contribution in [0.1, 0.15) is 33.6 Å². The van der Waals surface area contributed by atoms with Gasteiger partial charge in [0.25, 0.3) is 0 Å². The number of hydrogen-bond donors (Lipinski definition) is 1. The summed E-state index contributed by atoms with van der Waals surface area (Å²) in [6, 6.07) is 5.12. The monoisotopic (exact) mass is 489 g/mol. The van der Waals surface area contributed by atoms with Gasteiger partial charge in [-0.3, -0.25) is 14.5 Å². The highest BCUT2D eigenvalue weighted by molar-refractivity contribution is 5.87. The Kier molecular flexibility index (Phi) is 10.1. The molecule has 1 saturated heterocycles. The number of tetrazole rings is 1. The van der Waals surface area contributed by atoms with Crippen molar-refractivity contribution in [3.8, 4) is 11.4 Å². The molecule has 1 aliphatic heterocycles. The molecule has 1 unspecified atom stereocenters. The van der Waals surface area contributed by atoms with Crippen LogP contribution in [0.2, 0.25) is 0 Å². The molecule has 0 radical (unpaired) electrons. The van der Waals surface area contributed by atoms with Crippen molar-refractivity contribution in [1.82, 2.24) is 35.3 Å². The van der Waals surface area contributed by atoms with Crippen molar-refractivity contribution in [2.75, 3.05) is 45.9 Å². The van der Waals surface area contributed by atoms with Crippen LogP contribution in [0.25, 0.3) is 11.4 Å². The summed E-state index contributed by atoms with van der Waals surface area (Å²) >= 11 is 0. The smallest absolute Gasteiger partial charge is 0.246 e. The molecule has 1 N–H and O–H groups in total. The van der Waals surface area contributed by atoms with Gasteiger partial charge in [-0.15, -0.1) is 10.2 Å². The molecule has 3 rings (SSSR count). The van der Waals surface area contributed by atoms with Crippen molar-refractivity contribution >= 4 is 11.8 Å².